The standard InChI is InChI=1S/C19H18N2OS/c1-14-9-11-16(12-10-14)20-19(23)21-18(17-8-5-13-22-17)15-6-3-2-4-7-15/h2-13,18H,1H3,(H2,20,21,23)/t18-/m1/s1. The third-order valence-corrected chi connectivity index (χ3v) is 3.77. The first-order chi connectivity index (χ1) is 11.2. The van der Waals surface area contributed by atoms with Crippen molar-refractivity contribution in [2.75, 3.05) is 5.32 Å². The van der Waals surface area contributed by atoms with Gasteiger partial charge >= 0.3 is 0 Å². The molecule has 0 radical (unpaired) electrons. The highest BCUT2D eigenvalue weighted by Gasteiger charge is 2.17. The molecule has 0 fully saturated rings. The highest BCUT2D eigenvalue weighted by Crippen LogP contribution is 2.22. The normalized spacial score (nSPS) is 11.7. The molecule has 3 rings (SSSR count). The van der Waals surface area contributed by atoms with Gasteiger partial charge in [-0.05, 0) is 49.0 Å². The molecule has 2 N–H and O–H groups in total. The Hall–Kier alpha value is -2.59. The maximum atomic E-state index is 5.57. The Labute approximate surface area is 141 Å². The van der Waals surface area contributed by atoms with Crippen molar-refractivity contribution in [3.05, 3.63) is 89.9 Å². The van der Waals surface area contributed by atoms with E-state index in [0.29, 0.717) is 5.11 Å². The molecule has 0 bridgehead atoms. The minimum absolute atomic E-state index is 0.128. The zero-order valence-electron chi connectivity index (χ0n) is 12.8. The molecule has 0 spiro atoms. The molecule has 4 heteroatoms. The van der Waals surface area contributed by atoms with Crippen LogP contribution < -0.4 is 10.6 Å². The van der Waals surface area contributed by atoms with Crippen LogP contribution in [0.5, 0.6) is 0 Å². The molecule has 3 aromatic rings. The number of anilines is 1. The third-order valence-electron chi connectivity index (χ3n) is 3.55. The first-order valence-corrected chi connectivity index (χ1v) is 7.86. The second kappa shape index (κ2) is 7.11. The largest absolute Gasteiger partial charge is 0.467 e. The highest BCUT2D eigenvalue weighted by atomic mass is 32.1. The van der Waals surface area contributed by atoms with Gasteiger partial charge in [0.1, 0.15) is 11.8 Å². The molecule has 0 saturated carbocycles. The first-order valence-electron chi connectivity index (χ1n) is 7.45. The minimum atomic E-state index is -0.128. The summed E-state index contributed by atoms with van der Waals surface area (Å²) in [5.74, 6) is 0.823. The minimum Gasteiger partial charge on any atom is -0.467 e. The lowest BCUT2D eigenvalue weighted by atomic mass is 10.1. The fourth-order valence-corrected chi connectivity index (χ4v) is 2.59. The zero-order valence-corrected chi connectivity index (χ0v) is 13.6. The van der Waals surface area contributed by atoms with E-state index in [4.69, 9.17) is 16.6 Å². The van der Waals surface area contributed by atoms with Gasteiger partial charge in [0.15, 0.2) is 5.11 Å². The summed E-state index contributed by atoms with van der Waals surface area (Å²) in [6.07, 6.45) is 1.67. The summed E-state index contributed by atoms with van der Waals surface area (Å²) in [6.45, 7) is 2.06. The third kappa shape index (κ3) is 3.99. The Morgan fingerprint density at radius 2 is 1.70 bits per heavy atom. The second-order valence-electron chi connectivity index (χ2n) is 5.32. The van der Waals surface area contributed by atoms with Crippen molar-refractivity contribution < 1.29 is 4.42 Å². The molecule has 0 amide bonds. The van der Waals surface area contributed by atoms with Crippen LogP contribution in [0.25, 0.3) is 0 Å². The van der Waals surface area contributed by atoms with E-state index in [2.05, 4.69) is 29.7 Å². The molecule has 0 aliphatic carbocycles. The summed E-state index contributed by atoms with van der Waals surface area (Å²) in [5.41, 5.74) is 3.27. The van der Waals surface area contributed by atoms with E-state index >= 15 is 0 Å². The Kier molecular flexibility index (Phi) is 4.74. The van der Waals surface area contributed by atoms with Crippen molar-refractivity contribution in [2.24, 2.45) is 0 Å². The van der Waals surface area contributed by atoms with Gasteiger partial charge in [0, 0.05) is 5.69 Å². The molecule has 1 aromatic heterocycles. The second-order valence-corrected chi connectivity index (χ2v) is 5.73. The number of thiocarbonyl (C=S) groups is 1. The van der Waals surface area contributed by atoms with Gasteiger partial charge in [-0.3, -0.25) is 0 Å². The molecule has 0 aliphatic heterocycles. The molecule has 0 unspecified atom stereocenters. The van der Waals surface area contributed by atoms with Gasteiger partial charge in [-0.1, -0.05) is 48.0 Å². The molecular formula is C19H18N2OS. The number of aryl methyl sites for hydroxylation is 1. The van der Waals surface area contributed by atoms with E-state index < -0.39 is 0 Å². The molecule has 0 aliphatic rings. The fourth-order valence-electron chi connectivity index (χ4n) is 2.35. The van der Waals surface area contributed by atoms with Crippen LogP contribution in [0.4, 0.5) is 5.69 Å². The van der Waals surface area contributed by atoms with E-state index in [1.165, 1.54) is 5.56 Å². The van der Waals surface area contributed by atoms with Gasteiger partial charge in [0.05, 0.1) is 6.26 Å². The molecule has 2 aromatic carbocycles. The van der Waals surface area contributed by atoms with Crippen LogP contribution in [0.15, 0.2) is 77.4 Å². The molecule has 116 valence electrons. The lowest BCUT2D eigenvalue weighted by Gasteiger charge is -2.19. The lowest BCUT2D eigenvalue weighted by Crippen LogP contribution is -2.32. The van der Waals surface area contributed by atoms with Gasteiger partial charge < -0.3 is 15.1 Å². The SMILES string of the molecule is Cc1ccc(NC(=S)N[C@H](c2ccccc2)c2ccco2)cc1. The van der Waals surface area contributed by atoms with E-state index in [-0.39, 0.29) is 6.04 Å². The van der Waals surface area contributed by atoms with Gasteiger partial charge in [-0.2, -0.15) is 0 Å². The number of hydrogen-bond donors (Lipinski definition) is 2. The maximum absolute atomic E-state index is 5.57. The van der Waals surface area contributed by atoms with E-state index in [1.54, 1.807) is 6.26 Å². The average Bonchev–Trinajstić information content (AvgIpc) is 3.10. The van der Waals surface area contributed by atoms with Crippen molar-refractivity contribution in [1.29, 1.82) is 0 Å². The first kappa shape index (κ1) is 15.3. The predicted molar refractivity (Wildman–Crippen MR) is 97.5 cm³/mol. The quantitative estimate of drug-likeness (QED) is 0.685. The smallest absolute Gasteiger partial charge is 0.171 e. The van der Waals surface area contributed by atoms with Gasteiger partial charge in [-0.15, -0.1) is 0 Å². The van der Waals surface area contributed by atoms with Crippen molar-refractivity contribution in [2.45, 2.75) is 13.0 Å². The summed E-state index contributed by atoms with van der Waals surface area (Å²) in [5, 5.41) is 7.09. The number of rotatable bonds is 4. The Balaban J connectivity index is 1.76. The van der Waals surface area contributed by atoms with E-state index in [1.807, 2.05) is 54.6 Å². The zero-order chi connectivity index (χ0) is 16.1. The van der Waals surface area contributed by atoms with Crippen LogP contribution in [-0.2, 0) is 0 Å². The van der Waals surface area contributed by atoms with Crippen LogP contribution in [0.1, 0.15) is 22.9 Å². The number of furan rings is 1. The number of benzene rings is 2. The van der Waals surface area contributed by atoms with Crippen LogP contribution in [0.2, 0.25) is 0 Å². The van der Waals surface area contributed by atoms with Crippen LogP contribution >= 0.6 is 12.2 Å². The van der Waals surface area contributed by atoms with Gasteiger partial charge in [0.25, 0.3) is 0 Å². The summed E-state index contributed by atoms with van der Waals surface area (Å²) in [7, 11) is 0. The predicted octanol–water partition coefficient (Wildman–Crippen LogP) is 4.66. The Bertz CT molecular complexity index is 752. The number of nitrogens with one attached hydrogen (secondary N) is 2. The van der Waals surface area contributed by atoms with E-state index in [0.717, 1.165) is 17.0 Å². The highest BCUT2D eigenvalue weighted by molar-refractivity contribution is 7.80. The van der Waals surface area contributed by atoms with Gasteiger partial charge in [0.2, 0.25) is 0 Å². The molecule has 1 atom stereocenters. The maximum Gasteiger partial charge on any atom is 0.171 e. The average molecular weight is 322 g/mol. The molecule has 1 heterocycles. The molecule has 3 nitrogen and oxygen atoms in total. The van der Waals surface area contributed by atoms with Crippen molar-refractivity contribution in [3.63, 3.8) is 0 Å². The van der Waals surface area contributed by atoms with Crippen LogP contribution in [0.3, 0.4) is 0 Å². The van der Waals surface area contributed by atoms with Gasteiger partial charge in [-0.25, -0.2) is 0 Å². The summed E-state index contributed by atoms with van der Waals surface area (Å²) in [4.78, 5) is 0. The lowest BCUT2D eigenvalue weighted by molar-refractivity contribution is 0.476. The summed E-state index contributed by atoms with van der Waals surface area (Å²) >= 11 is 5.46. The molecule has 23 heavy (non-hydrogen) atoms. The molecule has 0 saturated heterocycles. The van der Waals surface area contributed by atoms with E-state index in [9.17, 15) is 0 Å². The molecular weight excluding hydrogens is 304 g/mol. The summed E-state index contributed by atoms with van der Waals surface area (Å²) < 4.78 is 5.57. The fraction of sp³-hybridized carbons (Fsp3) is 0.105. The van der Waals surface area contributed by atoms with Crippen molar-refractivity contribution in [1.82, 2.24) is 5.32 Å². The topological polar surface area (TPSA) is 37.2 Å². The summed E-state index contributed by atoms with van der Waals surface area (Å²) in [6, 6.07) is 21.9. The Morgan fingerprint density at radius 1 is 0.957 bits per heavy atom. The van der Waals surface area contributed by atoms with Crippen LogP contribution in [-0.4, -0.2) is 5.11 Å². The monoisotopic (exact) mass is 322 g/mol. The number of hydrogen-bond acceptors (Lipinski definition) is 2. The van der Waals surface area contributed by atoms with Crippen molar-refractivity contribution in [3.8, 4) is 0 Å². The Morgan fingerprint density at radius 3 is 2.35 bits per heavy atom. The van der Waals surface area contributed by atoms with Crippen molar-refractivity contribution >= 4 is 23.0 Å². The van der Waals surface area contributed by atoms with Crippen LogP contribution in [0, 0.1) is 6.92 Å².